The Morgan fingerprint density at radius 1 is 1.05 bits per heavy atom. The quantitative estimate of drug-likeness (QED) is 0.406. The minimum absolute atomic E-state index is 0.159. The van der Waals surface area contributed by atoms with Gasteiger partial charge in [-0.05, 0) is 70.1 Å². The molecule has 2 aliphatic heterocycles. The minimum atomic E-state index is -0.810. The van der Waals surface area contributed by atoms with Crippen molar-refractivity contribution in [3.05, 3.63) is 70.9 Å². The van der Waals surface area contributed by atoms with Gasteiger partial charge in [0.2, 0.25) is 5.91 Å². The first kappa shape index (κ1) is 30.2. The van der Waals surface area contributed by atoms with E-state index in [1.807, 2.05) is 43.3 Å². The van der Waals surface area contributed by atoms with Crippen LogP contribution in [0.4, 0.5) is 22.0 Å². The van der Waals surface area contributed by atoms with Crippen LogP contribution in [-0.2, 0) is 22.5 Å². The Morgan fingerprint density at radius 2 is 1.74 bits per heavy atom. The lowest BCUT2D eigenvalue weighted by Crippen LogP contribution is -2.44. The molecule has 1 saturated heterocycles. The highest BCUT2D eigenvalue weighted by atomic mass is 16.6. The Morgan fingerprint density at radius 3 is 2.40 bits per heavy atom. The van der Waals surface area contributed by atoms with Crippen LogP contribution < -0.4 is 20.4 Å². The molecule has 5 rings (SSSR count). The van der Waals surface area contributed by atoms with E-state index < -0.39 is 12.1 Å². The maximum Gasteiger partial charge on any atom is 0.435 e. The summed E-state index contributed by atoms with van der Waals surface area (Å²) in [7, 11) is 2.11. The molecule has 3 heterocycles. The van der Waals surface area contributed by atoms with Gasteiger partial charge in [0, 0.05) is 61.8 Å². The second kappa shape index (κ2) is 13.0. The third kappa shape index (κ3) is 6.28. The Bertz CT molecular complexity index is 1480. The van der Waals surface area contributed by atoms with E-state index in [0.29, 0.717) is 23.4 Å². The third-order valence-electron chi connectivity index (χ3n) is 8.02. The summed E-state index contributed by atoms with van der Waals surface area (Å²) in [5, 5.41) is 10.6. The number of hydrogen-bond donors (Lipinski definition) is 2. The maximum absolute atomic E-state index is 14.1. The fourth-order valence-electron chi connectivity index (χ4n) is 5.69. The summed E-state index contributed by atoms with van der Waals surface area (Å²) >= 11 is 0. The van der Waals surface area contributed by atoms with Crippen molar-refractivity contribution in [3.63, 3.8) is 0 Å². The molecule has 2 aromatic carbocycles. The number of amides is 2. The Hall–Kier alpha value is -4.22. The smallest absolute Gasteiger partial charge is 0.435 e. The van der Waals surface area contributed by atoms with E-state index in [9.17, 15) is 14.4 Å². The van der Waals surface area contributed by atoms with Gasteiger partial charge in [0.15, 0.2) is 5.82 Å². The normalized spacial score (nSPS) is 16.7. The lowest BCUT2D eigenvalue weighted by molar-refractivity contribution is -0.120. The molecule has 0 aliphatic carbocycles. The summed E-state index contributed by atoms with van der Waals surface area (Å²) < 4.78 is 6.57. The molecule has 1 atom stereocenters. The predicted molar refractivity (Wildman–Crippen MR) is 167 cm³/mol. The van der Waals surface area contributed by atoms with Gasteiger partial charge >= 0.3 is 6.09 Å². The lowest BCUT2D eigenvalue weighted by Gasteiger charge is -2.34. The summed E-state index contributed by atoms with van der Waals surface area (Å²) in [5.41, 5.74) is 4.37. The van der Waals surface area contributed by atoms with Crippen LogP contribution >= 0.6 is 0 Å². The molecular weight excluding hydrogens is 546 g/mol. The molecule has 0 bridgehead atoms. The monoisotopic (exact) mass is 587 g/mol. The van der Waals surface area contributed by atoms with Crippen LogP contribution in [0, 0.1) is 0 Å². The number of ether oxygens (including phenoxy) is 1. The van der Waals surface area contributed by atoms with Crippen molar-refractivity contribution >= 4 is 35.1 Å². The Balaban J connectivity index is 1.44. The fraction of sp³-hybridized carbons (Fsp3) is 0.438. The van der Waals surface area contributed by atoms with E-state index in [2.05, 4.69) is 39.5 Å². The number of benzene rings is 2. The van der Waals surface area contributed by atoms with Crippen LogP contribution in [0.5, 0.6) is 0 Å². The highest BCUT2D eigenvalue weighted by Gasteiger charge is 2.40. The van der Waals surface area contributed by atoms with Crippen molar-refractivity contribution in [1.29, 1.82) is 0 Å². The van der Waals surface area contributed by atoms with Gasteiger partial charge in [-0.15, -0.1) is 5.10 Å². The van der Waals surface area contributed by atoms with Crippen LogP contribution in [0.15, 0.2) is 48.5 Å². The van der Waals surface area contributed by atoms with Gasteiger partial charge in [0.1, 0.15) is 6.04 Å². The van der Waals surface area contributed by atoms with Gasteiger partial charge in [0.05, 0.1) is 11.8 Å². The van der Waals surface area contributed by atoms with Gasteiger partial charge in [-0.2, -0.15) is 4.68 Å². The topological polar surface area (TPSA) is 112 Å². The highest BCUT2D eigenvalue weighted by Crippen LogP contribution is 2.35. The lowest BCUT2D eigenvalue weighted by atomic mass is 10.1. The largest absolute Gasteiger partial charge is 0.445 e. The van der Waals surface area contributed by atoms with Gasteiger partial charge in [-0.25, -0.2) is 4.79 Å². The molecule has 0 spiro atoms. The van der Waals surface area contributed by atoms with Gasteiger partial charge < -0.3 is 24.8 Å². The van der Waals surface area contributed by atoms with Gasteiger partial charge in [-0.1, -0.05) is 25.1 Å². The Labute approximate surface area is 252 Å². The van der Waals surface area contributed by atoms with E-state index in [1.165, 1.54) is 0 Å². The number of carbonyl (C=O) groups is 3. The van der Waals surface area contributed by atoms with E-state index in [1.54, 1.807) is 30.9 Å². The number of likely N-dealkylation sites (N-methyl/N-ethyl adjacent to an activating group) is 2. The molecule has 43 heavy (non-hydrogen) atoms. The summed E-state index contributed by atoms with van der Waals surface area (Å²) in [6.07, 6.45) is -0.254. The summed E-state index contributed by atoms with van der Waals surface area (Å²) in [6, 6.07) is 14.5. The van der Waals surface area contributed by atoms with E-state index in [4.69, 9.17) is 4.74 Å². The van der Waals surface area contributed by atoms with E-state index >= 15 is 0 Å². The van der Waals surface area contributed by atoms with E-state index in [0.717, 1.165) is 54.2 Å². The number of aromatic nitrogens is 2. The highest BCUT2D eigenvalue weighted by molar-refractivity contribution is 6.06. The van der Waals surface area contributed by atoms with E-state index in [-0.39, 0.29) is 30.3 Å². The number of hydrogen-bond acceptors (Lipinski definition) is 8. The van der Waals surface area contributed by atoms with Crippen molar-refractivity contribution in [1.82, 2.24) is 20.0 Å². The molecule has 1 unspecified atom stereocenters. The van der Waals surface area contributed by atoms with Crippen LogP contribution in [0.1, 0.15) is 60.9 Å². The number of aryl methyl sites for hydroxylation is 1. The molecule has 1 fully saturated rings. The zero-order valence-corrected chi connectivity index (χ0v) is 25.6. The molecule has 0 saturated carbocycles. The molecule has 228 valence electrons. The van der Waals surface area contributed by atoms with Gasteiger partial charge in [-0.3, -0.25) is 14.9 Å². The number of nitrogens with one attached hydrogen (secondary N) is 2. The second-order valence-corrected chi connectivity index (χ2v) is 11.2. The molecule has 1 aromatic heterocycles. The number of carbonyl (C=O) groups excluding carboxylic acids is 3. The van der Waals surface area contributed by atoms with Crippen molar-refractivity contribution in [2.45, 2.75) is 52.8 Å². The zero-order valence-electron chi connectivity index (χ0n) is 25.6. The molecule has 2 N–H and O–H groups in total. The summed E-state index contributed by atoms with van der Waals surface area (Å²) in [4.78, 5) is 46.9. The van der Waals surface area contributed by atoms with Crippen molar-refractivity contribution in [2.75, 3.05) is 54.9 Å². The van der Waals surface area contributed by atoms with Crippen LogP contribution in [0.3, 0.4) is 0 Å². The second-order valence-electron chi connectivity index (χ2n) is 11.2. The zero-order chi connectivity index (χ0) is 30.7. The first-order valence-corrected chi connectivity index (χ1v) is 15.0. The molecule has 0 radical (unpaired) electrons. The first-order chi connectivity index (χ1) is 20.7. The average Bonchev–Trinajstić information content (AvgIpc) is 3.59. The maximum atomic E-state index is 14.1. The predicted octanol–water partition coefficient (Wildman–Crippen LogP) is 4.04. The number of para-hydroxylation sites is 1. The Kier molecular flexibility index (Phi) is 9.12. The number of nitrogens with zero attached hydrogens (tertiary/aromatic N) is 5. The molecule has 11 nitrogen and oxygen atoms in total. The summed E-state index contributed by atoms with van der Waals surface area (Å²) in [5.74, 6) is -0.408. The standard InChI is InChI=1S/C32H41N7O4/c1-6-22-10-8-9-11-25(22)38(7-2)31(41)28-27-26(20-33-28)39(32(42)43-21(3)4)35-29(27)34-30(40)23-12-14-24(15-13-23)37-18-16-36(5)17-19-37/h8-15,21,28,33H,6-7,16-20H2,1-5H3,(H,34,35,40). The number of piperazine rings is 1. The SMILES string of the molecule is CCc1ccccc1N(CC)C(=O)C1NCc2c1c(NC(=O)c1ccc(N3CCN(C)CC3)cc1)nn2C(=O)OC(C)C. The molecular formula is C32H41N7O4. The van der Waals surface area contributed by atoms with Crippen LogP contribution in [0.2, 0.25) is 0 Å². The molecule has 3 aromatic rings. The number of fused-ring (bicyclic) bond motifs is 1. The summed E-state index contributed by atoms with van der Waals surface area (Å²) in [6.45, 7) is 12.0. The molecule has 11 heteroatoms. The average molecular weight is 588 g/mol. The number of rotatable bonds is 8. The van der Waals surface area contributed by atoms with Crippen molar-refractivity contribution < 1.29 is 19.1 Å². The van der Waals surface area contributed by atoms with Crippen LogP contribution in [-0.4, -0.2) is 78.5 Å². The number of anilines is 3. The van der Waals surface area contributed by atoms with Crippen molar-refractivity contribution in [3.8, 4) is 0 Å². The minimum Gasteiger partial charge on any atom is -0.445 e. The van der Waals surface area contributed by atoms with Crippen molar-refractivity contribution in [2.24, 2.45) is 0 Å². The van der Waals surface area contributed by atoms with Gasteiger partial charge in [0.25, 0.3) is 5.91 Å². The fourth-order valence-corrected chi connectivity index (χ4v) is 5.69. The molecule has 2 amide bonds. The van der Waals surface area contributed by atoms with Crippen LogP contribution in [0.25, 0.3) is 0 Å². The molecule has 2 aliphatic rings. The third-order valence-corrected chi connectivity index (χ3v) is 8.02. The first-order valence-electron chi connectivity index (χ1n) is 15.0.